The van der Waals surface area contributed by atoms with Crippen LogP contribution in [0.2, 0.25) is 0 Å². The minimum Gasteiger partial charge on any atom is -0.345 e. The molecule has 1 fully saturated rings. The van der Waals surface area contributed by atoms with E-state index >= 15 is 0 Å². The fourth-order valence-electron chi connectivity index (χ4n) is 2.88. The summed E-state index contributed by atoms with van der Waals surface area (Å²) in [6.07, 6.45) is 9.42. The van der Waals surface area contributed by atoms with Crippen molar-refractivity contribution in [3.8, 4) is 0 Å². The van der Waals surface area contributed by atoms with Gasteiger partial charge in [-0.05, 0) is 35.2 Å². The number of nitrogens with zero attached hydrogens (tertiary/aromatic N) is 2. The summed E-state index contributed by atoms with van der Waals surface area (Å²) < 4.78 is 1.07. The first-order chi connectivity index (χ1) is 8.79. The molecule has 1 saturated carbocycles. The van der Waals surface area contributed by atoms with Crippen LogP contribution in [0.4, 0.5) is 0 Å². The molecule has 0 spiro atoms. The summed E-state index contributed by atoms with van der Waals surface area (Å²) in [5.74, 6) is 1.61. The van der Waals surface area contributed by atoms with Crippen molar-refractivity contribution in [2.75, 3.05) is 0 Å². The van der Waals surface area contributed by atoms with Gasteiger partial charge in [-0.2, -0.15) is 0 Å². The normalized spacial score (nSPS) is 17.4. The summed E-state index contributed by atoms with van der Waals surface area (Å²) in [7, 11) is 0. The van der Waals surface area contributed by atoms with E-state index in [4.69, 9.17) is 9.97 Å². The predicted molar refractivity (Wildman–Crippen MR) is 76.8 cm³/mol. The van der Waals surface area contributed by atoms with Gasteiger partial charge in [0.1, 0.15) is 11.5 Å². The van der Waals surface area contributed by atoms with Crippen LogP contribution in [0.3, 0.4) is 0 Å². The van der Waals surface area contributed by atoms with Gasteiger partial charge in [-0.3, -0.25) is 0 Å². The molecule has 18 heavy (non-hydrogen) atoms. The minimum atomic E-state index is 0.565. The van der Waals surface area contributed by atoms with E-state index in [-0.39, 0.29) is 0 Å². The van der Waals surface area contributed by atoms with E-state index in [9.17, 15) is 0 Å². The second kappa shape index (κ2) is 5.00. The van der Waals surface area contributed by atoms with Gasteiger partial charge in [0.15, 0.2) is 0 Å². The smallest absolute Gasteiger partial charge is 0.142 e. The molecule has 1 aliphatic carbocycles. The number of halogens is 1. The highest BCUT2D eigenvalue weighted by Crippen LogP contribution is 2.33. The van der Waals surface area contributed by atoms with Crippen LogP contribution >= 0.6 is 15.9 Å². The highest BCUT2D eigenvalue weighted by atomic mass is 79.9. The molecule has 96 valence electrons. The Balaban J connectivity index is 2.07. The number of fused-ring (bicyclic) bond motifs is 1. The van der Waals surface area contributed by atoms with Gasteiger partial charge >= 0.3 is 0 Å². The first-order valence-corrected chi connectivity index (χ1v) is 7.62. The van der Waals surface area contributed by atoms with Crippen molar-refractivity contribution < 1.29 is 0 Å². The van der Waals surface area contributed by atoms with Crippen molar-refractivity contribution >= 4 is 27.0 Å². The lowest BCUT2D eigenvalue weighted by Gasteiger charge is -2.20. The van der Waals surface area contributed by atoms with Gasteiger partial charge < -0.3 is 4.98 Å². The van der Waals surface area contributed by atoms with Crippen molar-refractivity contribution in [2.24, 2.45) is 0 Å². The molecule has 0 radical (unpaired) electrons. The Morgan fingerprint density at radius 1 is 1.28 bits per heavy atom. The Morgan fingerprint density at radius 2 is 2.06 bits per heavy atom. The van der Waals surface area contributed by atoms with Gasteiger partial charge in [0.25, 0.3) is 0 Å². The first kappa shape index (κ1) is 12.2. The Hall–Kier alpha value is -0.900. The van der Waals surface area contributed by atoms with Crippen LogP contribution in [0.1, 0.15) is 56.5 Å². The summed E-state index contributed by atoms with van der Waals surface area (Å²) in [6.45, 7) is 2.16. The number of aryl methyl sites for hydroxylation is 1. The Morgan fingerprint density at radius 3 is 2.78 bits per heavy atom. The SMILES string of the molecule is CCc1nc(C2CCCCC2)nc2[nH]cc(Br)c12. The molecule has 0 aliphatic heterocycles. The maximum absolute atomic E-state index is 4.81. The van der Waals surface area contributed by atoms with Crippen LogP contribution in [0.25, 0.3) is 11.0 Å². The zero-order valence-electron chi connectivity index (χ0n) is 10.7. The highest BCUT2D eigenvalue weighted by molar-refractivity contribution is 9.10. The van der Waals surface area contributed by atoms with Gasteiger partial charge in [0.2, 0.25) is 0 Å². The molecule has 1 aliphatic rings. The third-order valence-corrected chi connectivity index (χ3v) is 4.51. The number of nitrogens with one attached hydrogen (secondary N) is 1. The molecule has 3 rings (SSSR count). The third-order valence-electron chi connectivity index (χ3n) is 3.88. The average Bonchev–Trinajstić information content (AvgIpc) is 2.81. The first-order valence-electron chi connectivity index (χ1n) is 6.83. The summed E-state index contributed by atoms with van der Waals surface area (Å²) in [6, 6.07) is 0. The van der Waals surface area contributed by atoms with Crippen molar-refractivity contribution in [1.29, 1.82) is 0 Å². The van der Waals surface area contributed by atoms with Crippen LogP contribution in [0.15, 0.2) is 10.7 Å². The lowest BCUT2D eigenvalue weighted by molar-refractivity contribution is 0.428. The lowest BCUT2D eigenvalue weighted by Crippen LogP contribution is -2.10. The molecule has 3 nitrogen and oxygen atoms in total. The van der Waals surface area contributed by atoms with E-state index in [1.807, 2.05) is 6.20 Å². The molecule has 1 N–H and O–H groups in total. The van der Waals surface area contributed by atoms with Crippen LogP contribution < -0.4 is 0 Å². The Kier molecular flexibility index (Phi) is 3.37. The molecule has 0 bridgehead atoms. The molecule has 2 heterocycles. The maximum Gasteiger partial charge on any atom is 0.142 e. The molecule has 4 heteroatoms. The van der Waals surface area contributed by atoms with Gasteiger partial charge in [-0.25, -0.2) is 9.97 Å². The maximum atomic E-state index is 4.81. The predicted octanol–water partition coefficient (Wildman–Crippen LogP) is 4.33. The van der Waals surface area contributed by atoms with Crippen LogP contribution in [0.5, 0.6) is 0 Å². The van der Waals surface area contributed by atoms with Gasteiger partial charge in [0.05, 0.1) is 11.1 Å². The number of hydrogen-bond donors (Lipinski definition) is 1. The summed E-state index contributed by atoms with van der Waals surface area (Å²) in [5, 5.41) is 1.15. The molecular formula is C14H18BrN3. The lowest BCUT2D eigenvalue weighted by atomic mass is 9.88. The minimum absolute atomic E-state index is 0.565. The van der Waals surface area contributed by atoms with Crippen molar-refractivity contribution in [3.63, 3.8) is 0 Å². The second-order valence-corrected chi connectivity index (χ2v) is 5.93. The fraction of sp³-hybridized carbons (Fsp3) is 0.571. The van der Waals surface area contributed by atoms with Gasteiger partial charge in [0, 0.05) is 16.6 Å². The number of rotatable bonds is 2. The fourth-order valence-corrected chi connectivity index (χ4v) is 3.42. The van der Waals surface area contributed by atoms with E-state index in [1.165, 1.54) is 32.1 Å². The third kappa shape index (κ3) is 2.07. The van der Waals surface area contributed by atoms with Crippen molar-refractivity contribution in [1.82, 2.24) is 15.0 Å². The molecule has 0 aromatic carbocycles. The molecule has 2 aromatic rings. The highest BCUT2D eigenvalue weighted by Gasteiger charge is 2.20. The quantitative estimate of drug-likeness (QED) is 0.897. The van der Waals surface area contributed by atoms with Crippen LogP contribution in [-0.2, 0) is 6.42 Å². The number of aromatic nitrogens is 3. The molecule has 2 aromatic heterocycles. The standard InChI is InChI=1S/C14H18BrN3/c1-2-11-12-10(15)8-16-14(12)18-13(17-11)9-6-4-3-5-7-9/h8-9H,2-7H2,1H3,(H,16,17,18). The topological polar surface area (TPSA) is 41.6 Å². The average molecular weight is 308 g/mol. The summed E-state index contributed by atoms with van der Waals surface area (Å²) in [5.41, 5.74) is 2.14. The molecule has 0 saturated heterocycles. The zero-order valence-corrected chi connectivity index (χ0v) is 12.3. The van der Waals surface area contributed by atoms with E-state index in [2.05, 4.69) is 27.8 Å². The van der Waals surface area contributed by atoms with E-state index in [0.717, 1.165) is 33.4 Å². The van der Waals surface area contributed by atoms with Crippen LogP contribution in [0, 0.1) is 0 Å². The Bertz CT molecular complexity index is 555. The monoisotopic (exact) mass is 307 g/mol. The van der Waals surface area contributed by atoms with E-state index < -0.39 is 0 Å². The molecular weight excluding hydrogens is 290 g/mol. The number of aromatic amines is 1. The summed E-state index contributed by atoms with van der Waals surface area (Å²) >= 11 is 3.57. The molecule has 0 amide bonds. The molecule has 0 atom stereocenters. The van der Waals surface area contributed by atoms with Gasteiger partial charge in [-0.15, -0.1) is 0 Å². The van der Waals surface area contributed by atoms with Crippen molar-refractivity contribution in [3.05, 3.63) is 22.2 Å². The van der Waals surface area contributed by atoms with Gasteiger partial charge in [-0.1, -0.05) is 26.2 Å². The molecule has 0 unspecified atom stereocenters. The number of hydrogen-bond acceptors (Lipinski definition) is 2. The number of H-pyrrole nitrogens is 1. The zero-order chi connectivity index (χ0) is 12.5. The van der Waals surface area contributed by atoms with E-state index in [1.54, 1.807) is 0 Å². The summed E-state index contributed by atoms with van der Waals surface area (Å²) in [4.78, 5) is 12.8. The van der Waals surface area contributed by atoms with Crippen molar-refractivity contribution in [2.45, 2.75) is 51.4 Å². The Labute approximate surface area is 116 Å². The second-order valence-electron chi connectivity index (χ2n) is 5.08. The van der Waals surface area contributed by atoms with E-state index in [0.29, 0.717) is 5.92 Å². The van der Waals surface area contributed by atoms with Crippen LogP contribution in [-0.4, -0.2) is 15.0 Å². The largest absolute Gasteiger partial charge is 0.345 e.